The third-order valence-corrected chi connectivity index (χ3v) is 4.78. The van der Waals surface area contributed by atoms with Gasteiger partial charge in [0, 0.05) is 5.38 Å². The molecule has 0 bridgehead atoms. The second-order valence-corrected chi connectivity index (χ2v) is 5.20. The third kappa shape index (κ3) is 1.19. The van der Waals surface area contributed by atoms with Gasteiger partial charge < -0.3 is 0 Å². The van der Waals surface area contributed by atoms with Gasteiger partial charge in [0.1, 0.15) is 0 Å². The zero-order chi connectivity index (χ0) is 8.60. The fraction of sp³-hybridized carbons (Fsp3) is 1.00. The normalized spacial score (nSPS) is 35.0. The summed E-state index contributed by atoms with van der Waals surface area (Å²) in [6.07, 6.45) is 9.91. The van der Waals surface area contributed by atoms with E-state index in [0.29, 0.717) is 5.38 Å². The van der Waals surface area contributed by atoms with Crippen LogP contribution in [0.3, 0.4) is 0 Å². The molecule has 1 spiro atoms. The summed E-state index contributed by atoms with van der Waals surface area (Å²) < 4.78 is 0. The Bertz CT molecular complexity index is 158. The number of halogens is 1. The maximum absolute atomic E-state index is 6.34. The first-order chi connectivity index (χ1) is 5.78. The minimum atomic E-state index is 0.469. The van der Waals surface area contributed by atoms with Gasteiger partial charge in [-0.3, -0.25) is 0 Å². The molecule has 0 saturated heterocycles. The lowest BCUT2D eigenvalue weighted by atomic mass is 9.57. The minimum absolute atomic E-state index is 0.469. The summed E-state index contributed by atoms with van der Waals surface area (Å²) in [5, 5.41) is 0.469. The zero-order valence-corrected chi connectivity index (χ0v) is 8.74. The van der Waals surface area contributed by atoms with Crippen LogP contribution in [0, 0.1) is 11.3 Å². The summed E-state index contributed by atoms with van der Waals surface area (Å²) in [6, 6.07) is 0. The summed E-state index contributed by atoms with van der Waals surface area (Å²) in [7, 11) is 0. The molecule has 12 heavy (non-hydrogen) atoms. The van der Waals surface area contributed by atoms with Gasteiger partial charge in [0.2, 0.25) is 0 Å². The molecule has 0 aromatic rings. The van der Waals surface area contributed by atoms with Crippen LogP contribution < -0.4 is 0 Å². The summed E-state index contributed by atoms with van der Waals surface area (Å²) in [4.78, 5) is 0. The fourth-order valence-electron chi connectivity index (χ4n) is 3.27. The van der Waals surface area contributed by atoms with Crippen molar-refractivity contribution in [2.75, 3.05) is 0 Å². The molecule has 2 atom stereocenters. The van der Waals surface area contributed by atoms with Gasteiger partial charge in [0.25, 0.3) is 0 Å². The fourth-order valence-corrected chi connectivity index (χ4v) is 3.66. The molecule has 0 amide bonds. The van der Waals surface area contributed by atoms with E-state index in [-0.39, 0.29) is 0 Å². The highest BCUT2D eigenvalue weighted by Crippen LogP contribution is 2.59. The lowest BCUT2D eigenvalue weighted by Gasteiger charge is -2.49. The Balaban J connectivity index is 1.99. The van der Waals surface area contributed by atoms with Crippen LogP contribution in [0.5, 0.6) is 0 Å². The van der Waals surface area contributed by atoms with E-state index in [1.165, 1.54) is 38.5 Å². The summed E-state index contributed by atoms with van der Waals surface area (Å²) in [5.74, 6) is 0.867. The van der Waals surface area contributed by atoms with E-state index >= 15 is 0 Å². The molecule has 0 nitrogen and oxygen atoms in total. The Morgan fingerprint density at radius 3 is 2.42 bits per heavy atom. The highest BCUT2D eigenvalue weighted by molar-refractivity contribution is 6.20. The number of hydrogen-bond donors (Lipinski definition) is 0. The van der Waals surface area contributed by atoms with Crippen molar-refractivity contribution in [3.05, 3.63) is 0 Å². The molecule has 0 aliphatic heterocycles. The molecule has 70 valence electrons. The van der Waals surface area contributed by atoms with Crippen molar-refractivity contribution >= 4 is 11.6 Å². The van der Waals surface area contributed by atoms with Gasteiger partial charge in [-0.15, -0.1) is 11.6 Å². The maximum atomic E-state index is 6.34. The van der Waals surface area contributed by atoms with Crippen molar-refractivity contribution in [2.45, 2.75) is 57.2 Å². The standard InChI is InChI=1S/C11H19Cl/c1-2-10(12)9-5-8-11(9)6-3-4-7-11/h9-10H,2-8H2,1H3. The Hall–Kier alpha value is 0.290. The van der Waals surface area contributed by atoms with Crippen LogP contribution >= 0.6 is 11.6 Å². The first-order valence-electron chi connectivity index (χ1n) is 5.42. The van der Waals surface area contributed by atoms with Crippen LogP contribution in [0.25, 0.3) is 0 Å². The van der Waals surface area contributed by atoms with Gasteiger partial charge in [-0.1, -0.05) is 19.8 Å². The minimum Gasteiger partial charge on any atom is -0.123 e. The topological polar surface area (TPSA) is 0 Å². The molecule has 0 aromatic heterocycles. The van der Waals surface area contributed by atoms with Gasteiger partial charge in [-0.2, -0.15) is 0 Å². The Morgan fingerprint density at radius 1 is 1.33 bits per heavy atom. The maximum Gasteiger partial charge on any atom is 0.0366 e. The molecule has 0 heterocycles. The van der Waals surface area contributed by atoms with Crippen molar-refractivity contribution in [3.8, 4) is 0 Å². The van der Waals surface area contributed by atoms with Crippen LogP contribution in [-0.2, 0) is 0 Å². The zero-order valence-electron chi connectivity index (χ0n) is 7.98. The van der Waals surface area contributed by atoms with Crippen LogP contribution in [0.4, 0.5) is 0 Å². The molecule has 2 fully saturated rings. The SMILES string of the molecule is CCC(Cl)C1CCC12CCCC2. The van der Waals surface area contributed by atoms with E-state index in [1.807, 2.05) is 0 Å². The Morgan fingerprint density at radius 2 is 2.00 bits per heavy atom. The Labute approximate surface area is 80.7 Å². The van der Waals surface area contributed by atoms with Crippen molar-refractivity contribution in [1.82, 2.24) is 0 Å². The van der Waals surface area contributed by atoms with Gasteiger partial charge >= 0.3 is 0 Å². The molecule has 2 saturated carbocycles. The van der Waals surface area contributed by atoms with E-state index in [2.05, 4.69) is 6.92 Å². The predicted octanol–water partition coefficient (Wildman–Crippen LogP) is 3.97. The summed E-state index contributed by atoms with van der Waals surface area (Å²) in [6.45, 7) is 2.22. The van der Waals surface area contributed by atoms with Crippen molar-refractivity contribution < 1.29 is 0 Å². The van der Waals surface area contributed by atoms with Gasteiger partial charge in [-0.05, 0) is 43.4 Å². The molecule has 2 aliphatic rings. The molecule has 0 aromatic carbocycles. The average Bonchev–Trinajstić information content (AvgIpc) is 2.52. The van der Waals surface area contributed by atoms with E-state index < -0.39 is 0 Å². The quantitative estimate of drug-likeness (QED) is 0.573. The first-order valence-corrected chi connectivity index (χ1v) is 5.86. The van der Waals surface area contributed by atoms with Crippen LogP contribution in [0.1, 0.15) is 51.9 Å². The molecule has 2 aliphatic carbocycles. The largest absolute Gasteiger partial charge is 0.123 e. The summed E-state index contributed by atoms with van der Waals surface area (Å²) >= 11 is 6.34. The van der Waals surface area contributed by atoms with Crippen LogP contribution in [0.2, 0.25) is 0 Å². The molecule has 2 unspecified atom stereocenters. The molecular weight excluding hydrogens is 168 g/mol. The highest BCUT2D eigenvalue weighted by atomic mass is 35.5. The smallest absolute Gasteiger partial charge is 0.0366 e. The average molecular weight is 187 g/mol. The molecule has 0 radical (unpaired) electrons. The first kappa shape index (κ1) is 8.87. The van der Waals surface area contributed by atoms with Crippen molar-refractivity contribution in [1.29, 1.82) is 0 Å². The third-order valence-electron chi connectivity index (χ3n) is 4.17. The molecule has 0 N–H and O–H groups in total. The van der Waals surface area contributed by atoms with Crippen molar-refractivity contribution in [3.63, 3.8) is 0 Å². The van der Waals surface area contributed by atoms with Gasteiger partial charge in [-0.25, -0.2) is 0 Å². The van der Waals surface area contributed by atoms with E-state index in [4.69, 9.17) is 11.6 Å². The predicted molar refractivity (Wildman–Crippen MR) is 53.6 cm³/mol. The van der Waals surface area contributed by atoms with Gasteiger partial charge in [0.15, 0.2) is 0 Å². The van der Waals surface area contributed by atoms with Crippen LogP contribution in [0.15, 0.2) is 0 Å². The van der Waals surface area contributed by atoms with Gasteiger partial charge in [0.05, 0.1) is 0 Å². The van der Waals surface area contributed by atoms with Crippen LogP contribution in [-0.4, -0.2) is 5.38 Å². The lowest BCUT2D eigenvalue weighted by molar-refractivity contribution is 0.0332. The second kappa shape index (κ2) is 3.21. The molecule has 1 heteroatoms. The molecular formula is C11H19Cl. The van der Waals surface area contributed by atoms with Crippen molar-refractivity contribution in [2.24, 2.45) is 11.3 Å². The van der Waals surface area contributed by atoms with E-state index in [0.717, 1.165) is 17.8 Å². The number of hydrogen-bond acceptors (Lipinski definition) is 0. The number of rotatable bonds is 2. The monoisotopic (exact) mass is 186 g/mol. The number of alkyl halides is 1. The molecule has 2 rings (SSSR count). The van der Waals surface area contributed by atoms with E-state index in [1.54, 1.807) is 0 Å². The van der Waals surface area contributed by atoms with E-state index in [9.17, 15) is 0 Å². The second-order valence-electron chi connectivity index (χ2n) is 4.64. The summed E-state index contributed by atoms with van der Waals surface area (Å²) in [5.41, 5.74) is 0.725. The lowest BCUT2D eigenvalue weighted by Crippen LogP contribution is -2.42. The Kier molecular flexibility index (Phi) is 2.37. The highest BCUT2D eigenvalue weighted by Gasteiger charge is 2.50.